The van der Waals surface area contributed by atoms with Crippen LogP contribution >= 0.6 is 35.0 Å². The van der Waals surface area contributed by atoms with E-state index in [0.29, 0.717) is 11.6 Å². The lowest BCUT2D eigenvalue weighted by Gasteiger charge is -2.13. The Bertz CT molecular complexity index is 1720. The van der Waals surface area contributed by atoms with E-state index in [1.807, 2.05) is 59.3 Å². The number of hydrogen-bond donors (Lipinski definition) is 1. The van der Waals surface area contributed by atoms with Gasteiger partial charge in [0.25, 0.3) is 11.1 Å². The average molecular weight is 594 g/mol. The molecule has 1 N–H and O–H groups in total. The van der Waals surface area contributed by atoms with E-state index >= 15 is 0 Å². The molecular weight excluding hydrogens is 573 g/mol. The fourth-order valence-electron chi connectivity index (χ4n) is 4.32. The lowest BCUT2D eigenvalue weighted by Crippen LogP contribution is -2.36. The molecule has 0 aliphatic carbocycles. The van der Waals surface area contributed by atoms with Gasteiger partial charge in [0.15, 0.2) is 0 Å². The number of imide groups is 1. The number of ether oxygens (including phenoxy) is 1. The van der Waals surface area contributed by atoms with Crippen molar-refractivity contribution in [2.45, 2.75) is 6.54 Å². The van der Waals surface area contributed by atoms with Crippen molar-refractivity contribution in [1.29, 1.82) is 0 Å². The number of esters is 1. The van der Waals surface area contributed by atoms with Gasteiger partial charge < -0.3 is 14.6 Å². The number of carbonyl (C=O) groups is 4. The second kappa shape index (κ2) is 11.6. The number of halogens is 2. The van der Waals surface area contributed by atoms with Crippen LogP contribution in [0.4, 0.5) is 10.5 Å². The van der Waals surface area contributed by atoms with Crippen LogP contribution in [0.25, 0.3) is 17.0 Å². The Morgan fingerprint density at radius 1 is 1.00 bits per heavy atom. The van der Waals surface area contributed by atoms with E-state index < -0.39 is 29.6 Å². The lowest BCUT2D eigenvalue weighted by molar-refractivity contribution is -0.127. The van der Waals surface area contributed by atoms with Gasteiger partial charge in [0.2, 0.25) is 5.91 Å². The van der Waals surface area contributed by atoms with E-state index in [1.54, 1.807) is 6.08 Å². The highest BCUT2D eigenvalue weighted by Crippen LogP contribution is 2.34. The molecule has 1 aromatic heterocycles. The molecule has 11 heteroatoms. The monoisotopic (exact) mass is 593 g/mol. The number of thioether (sulfide) groups is 1. The predicted octanol–water partition coefficient (Wildman–Crippen LogP) is 6.46. The minimum atomic E-state index is -0.662. The first-order valence-corrected chi connectivity index (χ1v) is 13.6. The molecule has 1 aliphatic rings. The highest BCUT2D eigenvalue weighted by molar-refractivity contribution is 8.18. The zero-order valence-corrected chi connectivity index (χ0v) is 23.3. The number of rotatable bonds is 7. The van der Waals surface area contributed by atoms with Gasteiger partial charge in [0.05, 0.1) is 22.6 Å². The van der Waals surface area contributed by atoms with Crippen LogP contribution in [0.1, 0.15) is 21.5 Å². The summed E-state index contributed by atoms with van der Waals surface area (Å²) in [5, 5.41) is 3.75. The summed E-state index contributed by atoms with van der Waals surface area (Å²) in [6.07, 6.45) is 3.57. The van der Waals surface area contributed by atoms with Crippen LogP contribution < -0.4 is 5.32 Å². The molecule has 0 saturated carbocycles. The quantitative estimate of drug-likeness (QED) is 0.195. The van der Waals surface area contributed by atoms with Crippen LogP contribution in [0, 0.1) is 0 Å². The molecule has 0 radical (unpaired) electrons. The molecule has 1 saturated heterocycles. The molecule has 1 fully saturated rings. The molecule has 8 nitrogen and oxygen atoms in total. The molecule has 0 unspecified atom stereocenters. The van der Waals surface area contributed by atoms with Crippen molar-refractivity contribution >= 4 is 80.7 Å². The summed E-state index contributed by atoms with van der Waals surface area (Å²) in [4.78, 5) is 51.5. The Morgan fingerprint density at radius 2 is 1.75 bits per heavy atom. The number of para-hydroxylation sites is 1. The number of aromatic nitrogens is 1. The van der Waals surface area contributed by atoms with Crippen LogP contribution in [0.3, 0.4) is 0 Å². The third kappa shape index (κ3) is 5.62. The van der Waals surface area contributed by atoms with E-state index in [4.69, 9.17) is 23.2 Å². The molecule has 2 heterocycles. The SMILES string of the molecule is COC(=O)c1cc(NC(=O)CN2C(=O)S/C(=C/c3cn(Cc4ccccc4Cl)c4ccccc34)C2=O)ccc1Cl. The number of fused-ring (bicyclic) bond motifs is 1. The Hall–Kier alpha value is -4.05. The summed E-state index contributed by atoms with van der Waals surface area (Å²) in [7, 11) is 1.22. The highest BCUT2D eigenvalue weighted by atomic mass is 35.5. The van der Waals surface area contributed by atoms with Crippen molar-refractivity contribution in [1.82, 2.24) is 9.47 Å². The van der Waals surface area contributed by atoms with Crippen LogP contribution in [-0.4, -0.2) is 46.1 Å². The maximum absolute atomic E-state index is 13.1. The van der Waals surface area contributed by atoms with Crippen LogP contribution in [0.2, 0.25) is 10.0 Å². The summed E-state index contributed by atoms with van der Waals surface area (Å²) in [5.74, 6) is -1.84. The van der Waals surface area contributed by atoms with Crippen LogP contribution in [-0.2, 0) is 20.9 Å². The number of benzene rings is 3. The van der Waals surface area contributed by atoms with Gasteiger partial charge in [-0.3, -0.25) is 19.3 Å². The van der Waals surface area contributed by atoms with Crippen molar-refractivity contribution in [3.8, 4) is 0 Å². The largest absolute Gasteiger partial charge is 0.465 e. The van der Waals surface area contributed by atoms with Gasteiger partial charge in [0.1, 0.15) is 6.54 Å². The van der Waals surface area contributed by atoms with Gasteiger partial charge in [-0.2, -0.15) is 0 Å². The van der Waals surface area contributed by atoms with Gasteiger partial charge in [-0.1, -0.05) is 59.6 Å². The van der Waals surface area contributed by atoms with Crippen LogP contribution in [0.15, 0.2) is 77.8 Å². The first kappa shape index (κ1) is 27.5. The molecule has 3 aromatic carbocycles. The topological polar surface area (TPSA) is 97.7 Å². The van der Waals surface area contributed by atoms with E-state index in [1.165, 1.54) is 25.3 Å². The predicted molar refractivity (Wildman–Crippen MR) is 157 cm³/mol. The van der Waals surface area contributed by atoms with Crippen molar-refractivity contribution in [2.24, 2.45) is 0 Å². The van der Waals surface area contributed by atoms with E-state index in [0.717, 1.165) is 38.7 Å². The maximum Gasteiger partial charge on any atom is 0.339 e. The van der Waals surface area contributed by atoms with E-state index in [-0.39, 0.29) is 21.2 Å². The lowest BCUT2D eigenvalue weighted by atomic mass is 10.1. The summed E-state index contributed by atoms with van der Waals surface area (Å²) in [5.41, 5.74) is 2.99. The molecule has 3 amide bonds. The van der Waals surface area contributed by atoms with Crippen molar-refractivity contribution in [3.05, 3.63) is 105 Å². The number of nitrogens with one attached hydrogen (secondary N) is 1. The Labute approximate surface area is 243 Å². The van der Waals surface area contributed by atoms with Gasteiger partial charge >= 0.3 is 5.97 Å². The molecule has 0 bridgehead atoms. The van der Waals surface area contributed by atoms with E-state index in [2.05, 4.69) is 10.1 Å². The molecule has 4 aromatic rings. The summed E-state index contributed by atoms with van der Waals surface area (Å²) in [6, 6.07) is 19.6. The smallest absolute Gasteiger partial charge is 0.339 e. The average Bonchev–Trinajstić information content (AvgIpc) is 3.42. The Balaban J connectivity index is 1.35. The van der Waals surface area contributed by atoms with Gasteiger partial charge in [-0.25, -0.2) is 4.79 Å². The second-order valence-corrected chi connectivity index (χ2v) is 10.6. The zero-order valence-electron chi connectivity index (χ0n) is 21.0. The van der Waals surface area contributed by atoms with E-state index in [9.17, 15) is 19.2 Å². The van der Waals surface area contributed by atoms with Gasteiger partial charge in [-0.05, 0) is 53.7 Å². The summed E-state index contributed by atoms with van der Waals surface area (Å²) in [6.45, 7) is 0.0323. The molecule has 40 heavy (non-hydrogen) atoms. The van der Waals surface area contributed by atoms with Gasteiger partial charge in [-0.15, -0.1) is 0 Å². The normalized spacial score (nSPS) is 14.3. The maximum atomic E-state index is 13.1. The first-order valence-electron chi connectivity index (χ1n) is 12.0. The number of amides is 3. The highest BCUT2D eigenvalue weighted by Gasteiger charge is 2.36. The molecule has 0 atom stereocenters. The third-order valence-corrected chi connectivity index (χ3v) is 7.84. The molecule has 0 spiro atoms. The van der Waals surface area contributed by atoms with Gasteiger partial charge in [0, 0.05) is 39.9 Å². The summed E-state index contributed by atoms with van der Waals surface area (Å²) >= 11 is 13.2. The molecule has 202 valence electrons. The number of hydrogen-bond acceptors (Lipinski definition) is 6. The first-order chi connectivity index (χ1) is 19.2. The minimum Gasteiger partial charge on any atom is -0.465 e. The van der Waals surface area contributed by atoms with Crippen molar-refractivity contribution < 1.29 is 23.9 Å². The van der Waals surface area contributed by atoms with Crippen molar-refractivity contribution in [2.75, 3.05) is 19.0 Å². The summed E-state index contributed by atoms with van der Waals surface area (Å²) < 4.78 is 6.72. The van der Waals surface area contributed by atoms with Crippen molar-refractivity contribution in [3.63, 3.8) is 0 Å². The number of nitrogens with zero attached hydrogens (tertiary/aromatic N) is 2. The third-order valence-electron chi connectivity index (χ3n) is 6.24. The minimum absolute atomic E-state index is 0.0739. The fourth-order valence-corrected chi connectivity index (χ4v) is 5.54. The molecule has 1 aliphatic heterocycles. The standard InChI is InChI=1S/C29H21Cl2N3O5S/c1-39-28(37)21-13-19(10-11-23(21)31)32-26(35)16-34-27(36)25(40-29(34)38)12-18-15-33(24-9-5-3-7-20(18)24)14-17-6-2-4-8-22(17)30/h2-13,15H,14,16H2,1H3,(H,32,35)/b25-12+. The molecular formula is C29H21Cl2N3O5S. The zero-order chi connectivity index (χ0) is 28.4. The number of carbonyl (C=O) groups excluding carboxylic acids is 4. The Morgan fingerprint density at radius 3 is 2.52 bits per heavy atom. The Kier molecular flexibility index (Phi) is 7.97. The second-order valence-electron chi connectivity index (χ2n) is 8.82. The fraction of sp³-hybridized carbons (Fsp3) is 0.103. The van der Waals surface area contributed by atoms with Crippen LogP contribution in [0.5, 0.6) is 0 Å². The number of anilines is 1. The number of methoxy groups -OCH3 is 1. The molecule has 5 rings (SSSR count).